The summed E-state index contributed by atoms with van der Waals surface area (Å²) >= 11 is 0. The Morgan fingerprint density at radius 2 is 1.67 bits per heavy atom. The maximum atomic E-state index is 12.9. The summed E-state index contributed by atoms with van der Waals surface area (Å²) < 4.78 is 2.51. The van der Waals surface area contributed by atoms with E-state index in [-0.39, 0.29) is 23.6 Å². The Hall–Kier alpha value is -2.37. The molecule has 1 heterocycles. The number of amides is 1. The Morgan fingerprint density at radius 3 is 2.30 bits per heavy atom. The number of fused-ring (bicyclic) bond motifs is 1. The van der Waals surface area contributed by atoms with Crippen molar-refractivity contribution in [3.05, 3.63) is 45.1 Å². The third kappa shape index (κ3) is 2.65. The van der Waals surface area contributed by atoms with Gasteiger partial charge in [0.25, 0.3) is 5.56 Å². The summed E-state index contributed by atoms with van der Waals surface area (Å²) in [6, 6.07) is 6.99. The second-order valence-electron chi connectivity index (χ2n) is 9.00. The summed E-state index contributed by atoms with van der Waals surface area (Å²) in [5, 5.41) is 3.77. The molecular formula is C21H25N3O3. The molecule has 27 heavy (non-hydrogen) atoms. The van der Waals surface area contributed by atoms with E-state index in [4.69, 9.17) is 0 Å². The molecule has 1 amide bonds. The molecule has 1 aromatic heterocycles. The first-order chi connectivity index (χ1) is 12.9. The van der Waals surface area contributed by atoms with Crippen LogP contribution in [0.25, 0.3) is 10.9 Å². The smallest absolute Gasteiger partial charge is 0.331 e. The first kappa shape index (κ1) is 16.8. The van der Waals surface area contributed by atoms with E-state index in [0.29, 0.717) is 10.9 Å². The van der Waals surface area contributed by atoms with Crippen molar-refractivity contribution in [3.8, 4) is 0 Å². The monoisotopic (exact) mass is 367 g/mol. The number of para-hydroxylation sites is 1. The molecule has 0 atom stereocenters. The minimum Gasteiger partial charge on any atom is -0.349 e. The summed E-state index contributed by atoms with van der Waals surface area (Å²) in [4.78, 5) is 37.9. The number of rotatable bonds is 3. The lowest BCUT2D eigenvalue weighted by molar-refractivity contribution is -0.127. The van der Waals surface area contributed by atoms with E-state index < -0.39 is 5.69 Å². The number of hydrogen-bond acceptors (Lipinski definition) is 3. The van der Waals surface area contributed by atoms with E-state index in [1.54, 1.807) is 24.3 Å². The Morgan fingerprint density at radius 1 is 1.07 bits per heavy atom. The molecule has 2 aromatic rings. The molecule has 0 spiro atoms. The predicted octanol–water partition coefficient (Wildman–Crippen LogP) is 1.79. The molecule has 142 valence electrons. The number of nitrogens with zero attached hydrogens (tertiary/aromatic N) is 2. The Kier molecular flexibility index (Phi) is 3.61. The zero-order chi connectivity index (χ0) is 18.8. The minimum atomic E-state index is -0.445. The fourth-order valence-electron chi connectivity index (χ4n) is 6.34. The largest absolute Gasteiger partial charge is 0.349 e. The van der Waals surface area contributed by atoms with E-state index in [0.717, 1.165) is 41.6 Å². The number of aromatic nitrogens is 2. The van der Waals surface area contributed by atoms with E-state index >= 15 is 0 Å². The summed E-state index contributed by atoms with van der Waals surface area (Å²) in [7, 11) is 1.46. The molecule has 4 aliphatic carbocycles. The van der Waals surface area contributed by atoms with Gasteiger partial charge in [0.15, 0.2) is 0 Å². The third-order valence-electron chi connectivity index (χ3n) is 6.99. The fraction of sp³-hybridized carbons (Fsp3) is 0.571. The minimum absolute atomic E-state index is 0.0464. The van der Waals surface area contributed by atoms with Gasteiger partial charge in [-0.05, 0) is 68.4 Å². The molecule has 0 unspecified atom stereocenters. The molecule has 6 nitrogen and oxygen atoms in total. The molecule has 4 aliphatic rings. The van der Waals surface area contributed by atoms with Gasteiger partial charge in [-0.2, -0.15) is 0 Å². The summed E-state index contributed by atoms with van der Waals surface area (Å²) in [5.41, 5.74) is -0.328. The molecule has 4 fully saturated rings. The van der Waals surface area contributed by atoms with E-state index in [9.17, 15) is 14.4 Å². The first-order valence-electron chi connectivity index (χ1n) is 9.94. The average Bonchev–Trinajstić information content (AvgIpc) is 2.62. The van der Waals surface area contributed by atoms with Crippen LogP contribution in [0.15, 0.2) is 33.9 Å². The van der Waals surface area contributed by atoms with Gasteiger partial charge >= 0.3 is 5.69 Å². The Bertz CT molecular complexity index is 1010. The fourth-order valence-corrected chi connectivity index (χ4v) is 6.34. The molecule has 6 heteroatoms. The van der Waals surface area contributed by atoms with E-state index in [2.05, 4.69) is 5.32 Å². The van der Waals surface area contributed by atoms with Crippen molar-refractivity contribution < 1.29 is 4.79 Å². The van der Waals surface area contributed by atoms with Crippen LogP contribution < -0.4 is 16.6 Å². The van der Waals surface area contributed by atoms with Gasteiger partial charge in [0.05, 0.1) is 10.9 Å². The molecule has 4 saturated carbocycles. The standard InChI is InChI=1S/C21H25N3O3/c1-23-19(26)16-4-2-3-5-17(16)24(20(23)27)12-18(25)22-21-9-13-6-14(10-21)8-15(7-13)11-21/h2-5,13-15H,6-12H2,1H3,(H,22,25). The first-order valence-corrected chi connectivity index (χ1v) is 9.94. The summed E-state index contributed by atoms with van der Waals surface area (Å²) in [6.07, 6.45) is 7.19. The molecular weight excluding hydrogens is 342 g/mol. The van der Waals surface area contributed by atoms with Crippen LogP contribution in [-0.4, -0.2) is 20.6 Å². The second kappa shape index (κ2) is 5.81. The van der Waals surface area contributed by atoms with Gasteiger partial charge in [0.2, 0.25) is 5.91 Å². The van der Waals surface area contributed by atoms with Crippen molar-refractivity contribution in [2.24, 2.45) is 24.8 Å². The lowest BCUT2D eigenvalue weighted by Gasteiger charge is -2.56. The number of carbonyl (C=O) groups is 1. The van der Waals surface area contributed by atoms with Gasteiger partial charge in [-0.25, -0.2) is 4.79 Å². The highest BCUT2D eigenvalue weighted by atomic mass is 16.2. The zero-order valence-electron chi connectivity index (χ0n) is 15.6. The van der Waals surface area contributed by atoms with Crippen molar-refractivity contribution in [3.63, 3.8) is 0 Å². The molecule has 6 rings (SSSR count). The van der Waals surface area contributed by atoms with Gasteiger partial charge in [-0.15, -0.1) is 0 Å². The van der Waals surface area contributed by atoms with Gasteiger partial charge in [-0.1, -0.05) is 12.1 Å². The topological polar surface area (TPSA) is 73.1 Å². The van der Waals surface area contributed by atoms with Crippen molar-refractivity contribution in [1.29, 1.82) is 0 Å². The molecule has 0 aliphatic heterocycles. The van der Waals surface area contributed by atoms with Crippen molar-refractivity contribution in [1.82, 2.24) is 14.5 Å². The van der Waals surface area contributed by atoms with Crippen LogP contribution in [0.4, 0.5) is 0 Å². The Balaban J connectivity index is 1.45. The molecule has 1 N–H and O–H groups in total. The summed E-state index contributed by atoms with van der Waals surface area (Å²) in [6.45, 7) is -0.0464. The van der Waals surface area contributed by atoms with Crippen LogP contribution in [0, 0.1) is 17.8 Å². The number of benzene rings is 1. The van der Waals surface area contributed by atoms with Crippen LogP contribution in [0.1, 0.15) is 38.5 Å². The molecule has 4 bridgehead atoms. The maximum absolute atomic E-state index is 12.9. The summed E-state index contributed by atoms with van der Waals surface area (Å²) in [5.74, 6) is 2.12. The second-order valence-corrected chi connectivity index (χ2v) is 9.00. The quantitative estimate of drug-likeness (QED) is 0.899. The molecule has 0 saturated heterocycles. The van der Waals surface area contributed by atoms with Gasteiger partial charge in [0, 0.05) is 12.6 Å². The number of carbonyl (C=O) groups excluding carboxylic acids is 1. The Labute approximate surface area is 157 Å². The predicted molar refractivity (Wildman–Crippen MR) is 102 cm³/mol. The number of hydrogen-bond donors (Lipinski definition) is 1. The van der Waals surface area contributed by atoms with Crippen molar-refractivity contribution in [2.75, 3.05) is 0 Å². The molecule has 0 radical (unpaired) electrons. The van der Waals surface area contributed by atoms with E-state index in [1.165, 1.54) is 30.9 Å². The molecule has 1 aromatic carbocycles. The van der Waals surface area contributed by atoms with Crippen LogP contribution >= 0.6 is 0 Å². The third-order valence-corrected chi connectivity index (χ3v) is 6.99. The lowest BCUT2D eigenvalue weighted by Crippen LogP contribution is -2.60. The van der Waals surface area contributed by atoms with Crippen LogP contribution in [0.3, 0.4) is 0 Å². The van der Waals surface area contributed by atoms with Gasteiger partial charge in [0.1, 0.15) is 6.54 Å². The van der Waals surface area contributed by atoms with Crippen LogP contribution in [0.5, 0.6) is 0 Å². The highest BCUT2D eigenvalue weighted by Crippen LogP contribution is 2.55. The highest BCUT2D eigenvalue weighted by Gasteiger charge is 2.51. The van der Waals surface area contributed by atoms with Crippen LogP contribution in [0.2, 0.25) is 0 Å². The van der Waals surface area contributed by atoms with Gasteiger partial charge in [-0.3, -0.25) is 18.7 Å². The maximum Gasteiger partial charge on any atom is 0.331 e. The van der Waals surface area contributed by atoms with E-state index in [1.807, 2.05) is 0 Å². The zero-order valence-corrected chi connectivity index (χ0v) is 15.6. The van der Waals surface area contributed by atoms with Crippen molar-refractivity contribution >= 4 is 16.8 Å². The average molecular weight is 367 g/mol. The number of nitrogens with one attached hydrogen (secondary N) is 1. The SMILES string of the molecule is Cn1c(=O)c2ccccc2n(CC(=O)NC23CC4CC(CC(C4)C2)C3)c1=O. The van der Waals surface area contributed by atoms with Crippen LogP contribution in [-0.2, 0) is 18.4 Å². The lowest BCUT2D eigenvalue weighted by atomic mass is 9.53. The highest BCUT2D eigenvalue weighted by molar-refractivity contribution is 5.82. The normalized spacial score (nSPS) is 31.4. The van der Waals surface area contributed by atoms with Crippen molar-refractivity contribution in [2.45, 2.75) is 50.6 Å². The van der Waals surface area contributed by atoms with Gasteiger partial charge < -0.3 is 5.32 Å².